The Morgan fingerprint density at radius 3 is 0.822 bits per heavy atom. The summed E-state index contributed by atoms with van der Waals surface area (Å²) in [6, 6.07) is -8.37. The molecule has 12 saturated heterocycles. The number of nitrogens with one attached hydrogen (secondary N) is 4. The highest BCUT2D eigenvalue weighted by atomic mass is 16.8. The molecule has 4 amide bonds. The molecule has 0 unspecified atom stereocenters. The van der Waals surface area contributed by atoms with Crippen LogP contribution in [0, 0.1) is 0 Å². The summed E-state index contributed by atoms with van der Waals surface area (Å²) in [7, 11) is 0. The molecular weight excluding hydrogens is 2010 g/mol. The van der Waals surface area contributed by atoms with Crippen molar-refractivity contribution in [1.82, 2.24) is 21.3 Å². The minimum Gasteiger partial charge on any atom is -0.479 e. The Morgan fingerprint density at radius 2 is 0.459 bits per heavy atom. The van der Waals surface area contributed by atoms with E-state index in [2.05, 4.69) is 21.3 Å². The van der Waals surface area contributed by atoms with Gasteiger partial charge in [-0.05, 0) is 6.92 Å². The van der Waals surface area contributed by atoms with Crippen LogP contribution in [0.25, 0.3) is 0 Å². The average Bonchev–Trinajstić information content (AvgIpc) is 0.754. The van der Waals surface area contributed by atoms with Gasteiger partial charge < -0.3 is 299 Å². The fraction of sp³-hybridized carbons (Fsp3) is 0.925. The summed E-state index contributed by atoms with van der Waals surface area (Å²) in [6.07, 6.45) is -126. The number of hydrogen-bond acceptors (Lipinski definition) is 60. The number of ether oxygens (including phenoxy) is 23. The van der Waals surface area contributed by atoms with Crippen molar-refractivity contribution in [1.29, 1.82) is 0 Å². The molecule has 60 atom stereocenters. The zero-order chi connectivity index (χ0) is 108. The number of rotatable bonds is 37. The molecule has 0 aromatic heterocycles. The lowest BCUT2D eigenvalue weighted by Gasteiger charge is -2.52. The molecule has 146 heavy (non-hydrogen) atoms. The topological polar surface area (TPSA) is 1030 Å². The van der Waals surface area contributed by atoms with Gasteiger partial charge in [-0.25, -0.2) is 9.59 Å². The number of aliphatic hydroxyl groups is 31. The molecule has 12 heterocycles. The van der Waals surface area contributed by atoms with Gasteiger partial charge in [0.05, 0.1) is 65.6 Å². The minimum atomic E-state index is -2.78. The van der Waals surface area contributed by atoms with Crippen LogP contribution in [0.4, 0.5) is 0 Å². The van der Waals surface area contributed by atoms with E-state index in [9.17, 15) is 197 Å². The smallest absolute Gasteiger partial charge is 0.335 e. The SMILES string of the molecule is CC(=O)N[C@@H]1[C@@H](O)[C@H](O[C@@H]2O[C@H](CO)[C@@H](O[C@@H]3O[C@H](CO[C@H]4O[C@H](CO)[C@@H](O)[C@H](O)[C@@H]4O)[C@@H](O)[C@H](O[C@H]4O[C@H](CO)[C@@H](O[C@@H]5O[C@H](CO)[C@@H](O[C@@H]6O[C@H](CO)[C@H](O)[C@H](O[C@@H]7O[C@H](C(=O)O)[C@@H](O)[C@H](O)[C@H]7O)[C@H]6O)[C@H](O)[C@H]5NC(C)=O)[C@H](O)[C@@H]4O[C@@H]4O[C@H](CO)[C@@H](O[C@@H]5O[C@H](CO)[C@H](O)[C@H](O[C@@H]6O[C@H](C(=O)O)[C@@H](O)[C@H](O)[C@H]6O)[C@H]5O)[C@H](O)[C@H]4NC(C)=O)[C@@H]3O)[C@H](O)[C@H]2NC(C)=O)[C@@H](CO[C@@H]2O[C@@H](C)[C@@H](O)[C@@H](O)[C@@H]2O)O[C@H]1O. The maximum atomic E-state index is 13.6. The number of carboxylic acid groups (broad SMARTS) is 2. The number of carboxylic acids is 2. The lowest BCUT2D eigenvalue weighted by molar-refractivity contribution is -0.407. The Kier molecular flexibility index (Phi) is 42.0. The van der Waals surface area contributed by atoms with Gasteiger partial charge in [0.2, 0.25) is 23.6 Å². The summed E-state index contributed by atoms with van der Waals surface area (Å²) >= 11 is 0. The summed E-state index contributed by atoms with van der Waals surface area (Å²) in [5.41, 5.74) is 0. The molecule has 0 radical (unpaired) electrons. The predicted molar refractivity (Wildman–Crippen MR) is 441 cm³/mol. The van der Waals surface area contributed by atoms with Gasteiger partial charge in [-0.1, -0.05) is 0 Å². The molecule has 12 aliphatic rings. The van der Waals surface area contributed by atoms with Gasteiger partial charge >= 0.3 is 11.9 Å². The van der Waals surface area contributed by atoms with Crippen molar-refractivity contribution >= 4 is 35.6 Å². The molecule has 0 bridgehead atoms. The largest absolute Gasteiger partial charge is 0.479 e. The van der Waals surface area contributed by atoms with Gasteiger partial charge in [-0.2, -0.15) is 0 Å². The zero-order valence-corrected chi connectivity index (χ0v) is 77.6. The molecule has 842 valence electrons. The molecule has 37 N–H and O–H groups in total. The van der Waals surface area contributed by atoms with E-state index in [0.717, 1.165) is 27.7 Å². The van der Waals surface area contributed by atoms with E-state index in [1.807, 2.05) is 0 Å². The van der Waals surface area contributed by atoms with E-state index in [1.54, 1.807) is 0 Å². The highest BCUT2D eigenvalue weighted by molar-refractivity contribution is 5.75. The summed E-state index contributed by atoms with van der Waals surface area (Å²) in [5.74, 6) is -8.01. The first-order valence-corrected chi connectivity index (χ1v) is 46.0. The van der Waals surface area contributed by atoms with E-state index in [4.69, 9.17) is 109 Å². The van der Waals surface area contributed by atoms with E-state index >= 15 is 0 Å². The Hall–Kier alpha value is -5.34. The monoisotopic (exact) mass is 2140 g/mol. The Bertz CT molecular complexity index is 4160. The number of aliphatic carboxylic acids is 2. The fourth-order valence-corrected chi connectivity index (χ4v) is 18.7. The third kappa shape index (κ3) is 25.9. The highest BCUT2D eigenvalue weighted by Gasteiger charge is 2.64. The third-order valence-corrected chi connectivity index (χ3v) is 26.6. The summed E-state index contributed by atoms with van der Waals surface area (Å²) < 4.78 is 136. The second-order valence-electron chi connectivity index (χ2n) is 36.7. The van der Waals surface area contributed by atoms with Crippen molar-refractivity contribution in [2.24, 2.45) is 0 Å². The highest BCUT2D eigenvalue weighted by Crippen LogP contribution is 2.43. The molecule has 66 nitrogen and oxygen atoms in total. The molecule has 66 heteroatoms. The molecule has 12 rings (SSSR count). The van der Waals surface area contributed by atoms with Crippen LogP contribution in [0.5, 0.6) is 0 Å². The normalized spacial score (nSPS) is 49.8. The minimum absolute atomic E-state index is 0.808. The van der Waals surface area contributed by atoms with E-state index in [1.165, 1.54) is 6.92 Å². The van der Waals surface area contributed by atoms with Crippen molar-refractivity contribution in [3.63, 3.8) is 0 Å². The quantitative estimate of drug-likeness (QED) is 0.0275. The van der Waals surface area contributed by atoms with Crippen LogP contribution >= 0.6 is 0 Å². The maximum Gasteiger partial charge on any atom is 0.335 e. The number of carbonyl (C=O) groups is 6. The Labute approximate surface area is 822 Å². The maximum absolute atomic E-state index is 13.6. The molecule has 12 fully saturated rings. The Balaban J connectivity index is 0.895. The van der Waals surface area contributed by atoms with Crippen LogP contribution in [-0.2, 0) is 138 Å². The lowest BCUT2D eigenvalue weighted by Crippen LogP contribution is -2.72. The van der Waals surface area contributed by atoms with Crippen LogP contribution in [0.1, 0.15) is 34.6 Å². The van der Waals surface area contributed by atoms with Gasteiger partial charge in [-0.3, -0.25) is 19.2 Å². The summed E-state index contributed by atoms with van der Waals surface area (Å²) in [6.45, 7) is -6.39. The Morgan fingerprint density at radius 1 is 0.212 bits per heavy atom. The second-order valence-corrected chi connectivity index (χ2v) is 36.7. The molecular formula is C80H130N4O62. The van der Waals surface area contributed by atoms with Crippen LogP contribution in [0.15, 0.2) is 0 Å². The number of carbonyl (C=O) groups excluding carboxylic acids is 4. The molecule has 0 aliphatic carbocycles. The zero-order valence-electron chi connectivity index (χ0n) is 77.6. The summed E-state index contributed by atoms with van der Waals surface area (Å²) in [4.78, 5) is 77.0. The number of aliphatic hydroxyl groups excluding tert-OH is 31. The summed E-state index contributed by atoms with van der Waals surface area (Å²) in [5, 5.41) is 380. The van der Waals surface area contributed by atoms with Gasteiger partial charge in [0, 0.05) is 27.7 Å². The van der Waals surface area contributed by atoms with Crippen LogP contribution in [-0.4, -0.2) is 632 Å². The molecule has 12 aliphatic heterocycles. The van der Waals surface area contributed by atoms with Crippen molar-refractivity contribution in [3.8, 4) is 0 Å². The lowest BCUT2D eigenvalue weighted by atomic mass is 9.93. The molecule has 0 aromatic rings. The van der Waals surface area contributed by atoms with Gasteiger partial charge in [-0.15, -0.1) is 0 Å². The molecule has 0 saturated carbocycles. The second kappa shape index (κ2) is 51.4. The van der Waals surface area contributed by atoms with Crippen LogP contribution in [0.2, 0.25) is 0 Å². The first kappa shape index (κ1) is 119. The van der Waals surface area contributed by atoms with Crippen molar-refractivity contribution in [3.05, 3.63) is 0 Å². The van der Waals surface area contributed by atoms with E-state index in [0.29, 0.717) is 0 Å². The fourth-order valence-electron chi connectivity index (χ4n) is 18.7. The average molecular weight is 2140 g/mol. The van der Waals surface area contributed by atoms with E-state index < -0.39 is 463 Å². The van der Waals surface area contributed by atoms with Gasteiger partial charge in [0.25, 0.3) is 0 Å². The number of amides is 4. The molecule has 0 aromatic carbocycles. The molecule has 0 spiro atoms. The van der Waals surface area contributed by atoms with Crippen LogP contribution in [0.3, 0.4) is 0 Å². The van der Waals surface area contributed by atoms with Gasteiger partial charge in [0.1, 0.15) is 274 Å². The predicted octanol–water partition coefficient (Wildman–Crippen LogP) is -25.4. The first-order chi connectivity index (χ1) is 68.9. The first-order valence-electron chi connectivity index (χ1n) is 46.0. The van der Waals surface area contributed by atoms with Gasteiger partial charge in [0.15, 0.2) is 87.7 Å². The van der Waals surface area contributed by atoms with Crippen LogP contribution < -0.4 is 21.3 Å². The van der Waals surface area contributed by atoms with Crippen molar-refractivity contribution in [2.45, 2.75) is 403 Å². The standard InChI is InChI=1S/C80H130N4O62/c1-15-33(96)42(105)48(111)73(126-15)125-14-28-60(38(101)29(69(123)127-28)81-16(2)92)137-71-31(83-18(4)94)40(103)58(24(10-89)132-71)140-79-55(118)63(37(100)27(135-79)13-124-74-49(112)43(106)34(97)20(6-85)128-74)143-80-66(146-72-32(84-19(5)95)41(104)57(25(11-90)133-72)139-78-54(117)62(36(99)22(8-87)130-78)142-76-51(114)45(108)47(110)65(145-76)68(121)122)52(115)59(26(12-91)134-80)136-70-30(82-17(3)93)39(102)56(23(9-88)131-70)138-77-53(116)61(35(98)21(7-86)129-77)141-75-50(113)44(107)46(109)64(144-75)67(119)120/h15,20-66,69-80,85-91,96-118,123H,6-14H2,1-5H3,(H,81,92)(H,82,93)(H,83,94)(H,84,95)(H,119,120)(H,121,122)/t15-,20+,21+,22+,23+,24+,25+,26+,27+,28+,29+,30+,31+,32+,33+,34+,35-,36-,37+,38+,39+,40+,41+,42+,43-,44-,45-,46-,47-,48-,49-,50+,51+,52-,53+,54+,55-,56+,57+,58+,59+,60+,61-,62-,63-,64-,65-,66-,69+,70-,71-,72-,73+,74-,75+,76+,77-,78-,79-,80+/m0/s1. The number of hydrogen-bond donors (Lipinski definition) is 37. The van der Waals surface area contributed by atoms with Crippen molar-refractivity contribution < 1.29 is 306 Å². The third-order valence-electron chi connectivity index (χ3n) is 26.6. The van der Waals surface area contributed by atoms with Crippen molar-refractivity contribution in [2.75, 3.05) is 59.5 Å². The van der Waals surface area contributed by atoms with E-state index in [-0.39, 0.29) is 0 Å².